The number of hydrogen-bond donors (Lipinski definition) is 1. The third kappa shape index (κ3) is 4.44. The molecule has 0 aromatic heterocycles. The predicted molar refractivity (Wildman–Crippen MR) is 75.2 cm³/mol. The van der Waals surface area contributed by atoms with E-state index in [1.165, 1.54) is 12.8 Å². The Balaban J connectivity index is 1.79. The second kappa shape index (κ2) is 7.82. The Morgan fingerprint density at radius 1 is 1.21 bits per heavy atom. The van der Waals surface area contributed by atoms with E-state index >= 15 is 0 Å². The number of methoxy groups -OCH3 is 1. The van der Waals surface area contributed by atoms with Gasteiger partial charge < -0.3 is 15.0 Å². The van der Waals surface area contributed by atoms with E-state index < -0.39 is 0 Å². The summed E-state index contributed by atoms with van der Waals surface area (Å²) in [7, 11) is 1.74. The van der Waals surface area contributed by atoms with Crippen molar-refractivity contribution in [3.63, 3.8) is 0 Å². The maximum Gasteiger partial charge on any atom is 0.239 e. The number of carbonyl (C=O) groups is 1. The molecule has 5 nitrogen and oxygen atoms in total. The van der Waals surface area contributed by atoms with Gasteiger partial charge in [0.15, 0.2) is 0 Å². The van der Waals surface area contributed by atoms with Crippen molar-refractivity contribution >= 4 is 5.91 Å². The van der Waals surface area contributed by atoms with Crippen LogP contribution in [0.15, 0.2) is 0 Å². The van der Waals surface area contributed by atoms with Gasteiger partial charge in [0.25, 0.3) is 0 Å². The molecule has 0 aromatic carbocycles. The molecule has 2 rings (SSSR count). The zero-order chi connectivity index (χ0) is 13.5. The van der Waals surface area contributed by atoms with Gasteiger partial charge in [-0.1, -0.05) is 6.42 Å². The van der Waals surface area contributed by atoms with Crippen LogP contribution in [0.3, 0.4) is 0 Å². The van der Waals surface area contributed by atoms with Crippen LogP contribution in [0.5, 0.6) is 0 Å². The van der Waals surface area contributed by atoms with Gasteiger partial charge in [-0.15, -0.1) is 0 Å². The fourth-order valence-corrected chi connectivity index (χ4v) is 2.92. The smallest absolute Gasteiger partial charge is 0.239 e. The molecule has 1 amide bonds. The van der Waals surface area contributed by atoms with E-state index in [9.17, 15) is 4.79 Å². The fourth-order valence-electron chi connectivity index (χ4n) is 2.92. The van der Waals surface area contributed by atoms with Crippen LogP contribution < -0.4 is 5.32 Å². The Bertz CT molecular complexity index is 280. The summed E-state index contributed by atoms with van der Waals surface area (Å²) >= 11 is 0. The van der Waals surface area contributed by atoms with Crippen molar-refractivity contribution in [2.45, 2.75) is 31.7 Å². The van der Waals surface area contributed by atoms with E-state index in [0.717, 1.165) is 58.7 Å². The lowest BCUT2D eigenvalue weighted by Crippen LogP contribution is -2.49. The minimum Gasteiger partial charge on any atom is -0.383 e. The van der Waals surface area contributed by atoms with Crippen molar-refractivity contribution in [1.82, 2.24) is 15.1 Å². The third-order valence-corrected chi connectivity index (χ3v) is 4.12. The Kier molecular flexibility index (Phi) is 6.07. The first-order valence-electron chi connectivity index (χ1n) is 7.54. The molecule has 2 aliphatic heterocycles. The Labute approximate surface area is 116 Å². The first-order chi connectivity index (χ1) is 9.31. The van der Waals surface area contributed by atoms with Gasteiger partial charge in [-0.05, 0) is 32.4 Å². The van der Waals surface area contributed by atoms with E-state index in [1.54, 1.807) is 7.11 Å². The summed E-state index contributed by atoms with van der Waals surface area (Å²) in [6, 6.07) is 0.0688. The molecule has 0 spiro atoms. The molecule has 2 fully saturated rings. The second-order valence-corrected chi connectivity index (χ2v) is 5.52. The largest absolute Gasteiger partial charge is 0.383 e. The lowest BCUT2D eigenvalue weighted by atomic mass is 10.0. The maximum absolute atomic E-state index is 12.4. The highest BCUT2D eigenvalue weighted by Gasteiger charge is 2.26. The van der Waals surface area contributed by atoms with Gasteiger partial charge in [0.2, 0.25) is 5.91 Å². The summed E-state index contributed by atoms with van der Waals surface area (Å²) in [4.78, 5) is 16.9. The minimum absolute atomic E-state index is 0.0688. The molecule has 19 heavy (non-hydrogen) atoms. The second-order valence-electron chi connectivity index (χ2n) is 5.52. The summed E-state index contributed by atoms with van der Waals surface area (Å²) in [5.41, 5.74) is 0. The Morgan fingerprint density at radius 2 is 2.11 bits per heavy atom. The lowest BCUT2D eigenvalue weighted by molar-refractivity contribution is -0.133. The molecule has 2 heterocycles. The van der Waals surface area contributed by atoms with Crippen molar-refractivity contribution < 1.29 is 9.53 Å². The van der Waals surface area contributed by atoms with Gasteiger partial charge in [-0.3, -0.25) is 9.69 Å². The molecular weight excluding hydrogens is 242 g/mol. The highest BCUT2D eigenvalue weighted by molar-refractivity contribution is 5.82. The van der Waals surface area contributed by atoms with Crippen LogP contribution in [0.1, 0.15) is 25.7 Å². The number of piperidine rings is 1. The molecule has 110 valence electrons. The van der Waals surface area contributed by atoms with Gasteiger partial charge in [0, 0.05) is 33.3 Å². The summed E-state index contributed by atoms with van der Waals surface area (Å²) < 4.78 is 5.12. The Hall–Kier alpha value is -0.650. The molecular formula is C14H27N3O2. The first-order valence-corrected chi connectivity index (χ1v) is 7.54. The van der Waals surface area contributed by atoms with Crippen LogP contribution in [-0.2, 0) is 9.53 Å². The van der Waals surface area contributed by atoms with E-state index in [2.05, 4.69) is 15.1 Å². The van der Waals surface area contributed by atoms with Gasteiger partial charge in [-0.2, -0.15) is 0 Å². The number of ether oxygens (including phenoxy) is 1. The molecule has 0 aromatic rings. The van der Waals surface area contributed by atoms with Gasteiger partial charge in [0.1, 0.15) is 0 Å². The molecule has 0 bridgehead atoms. The van der Waals surface area contributed by atoms with Crippen molar-refractivity contribution in [2.75, 3.05) is 53.0 Å². The van der Waals surface area contributed by atoms with E-state index in [4.69, 9.17) is 4.74 Å². The molecule has 0 radical (unpaired) electrons. The van der Waals surface area contributed by atoms with Crippen LogP contribution in [0.4, 0.5) is 0 Å². The van der Waals surface area contributed by atoms with Crippen LogP contribution >= 0.6 is 0 Å². The molecule has 2 aliphatic rings. The first kappa shape index (κ1) is 14.8. The quantitative estimate of drug-likeness (QED) is 0.798. The summed E-state index contributed by atoms with van der Waals surface area (Å²) in [5, 5.41) is 3.36. The van der Waals surface area contributed by atoms with Crippen molar-refractivity contribution in [3.8, 4) is 0 Å². The minimum atomic E-state index is 0.0688. The zero-order valence-electron chi connectivity index (χ0n) is 12.1. The standard InChI is InChI=1S/C14H27N3O2/c1-19-12-11-16-7-4-8-17(10-9-16)14(18)13-5-2-3-6-15-13/h13,15H,2-12H2,1H3/t13-/m0/s1. The molecule has 1 N–H and O–H groups in total. The summed E-state index contributed by atoms with van der Waals surface area (Å²) in [5.74, 6) is 0.313. The number of nitrogens with zero attached hydrogens (tertiary/aromatic N) is 2. The fraction of sp³-hybridized carbons (Fsp3) is 0.929. The third-order valence-electron chi connectivity index (χ3n) is 4.12. The van der Waals surface area contributed by atoms with Gasteiger partial charge in [0.05, 0.1) is 12.6 Å². The topological polar surface area (TPSA) is 44.8 Å². The molecule has 0 saturated carbocycles. The average Bonchev–Trinajstić information content (AvgIpc) is 2.71. The van der Waals surface area contributed by atoms with Crippen molar-refractivity contribution in [2.24, 2.45) is 0 Å². The van der Waals surface area contributed by atoms with Crippen LogP contribution in [0.2, 0.25) is 0 Å². The molecule has 1 atom stereocenters. The number of rotatable bonds is 4. The van der Waals surface area contributed by atoms with E-state index in [1.807, 2.05) is 0 Å². The monoisotopic (exact) mass is 269 g/mol. The predicted octanol–water partition coefficient (Wildman–Crippen LogP) is 0.309. The van der Waals surface area contributed by atoms with Crippen molar-refractivity contribution in [1.29, 1.82) is 0 Å². The van der Waals surface area contributed by atoms with E-state index in [0.29, 0.717) is 5.91 Å². The Morgan fingerprint density at radius 3 is 2.84 bits per heavy atom. The summed E-state index contributed by atoms with van der Waals surface area (Å²) in [6.07, 6.45) is 4.46. The SMILES string of the molecule is COCCN1CCCN(C(=O)[C@@H]2CCCCN2)CC1. The summed E-state index contributed by atoms with van der Waals surface area (Å²) in [6.45, 7) is 6.55. The van der Waals surface area contributed by atoms with Gasteiger partial charge >= 0.3 is 0 Å². The number of carbonyl (C=O) groups excluding carboxylic acids is 1. The number of hydrogen-bond acceptors (Lipinski definition) is 4. The molecule has 0 aliphatic carbocycles. The van der Waals surface area contributed by atoms with Crippen LogP contribution in [0.25, 0.3) is 0 Å². The molecule has 2 saturated heterocycles. The normalized spacial score (nSPS) is 26.2. The maximum atomic E-state index is 12.4. The van der Waals surface area contributed by atoms with Gasteiger partial charge in [-0.25, -0.2) is 0 Å². The average molecular weight is 269 g/mol. The number of amides is 1. The van der Waals surface area contributed by atoms with Crippen molar-refractivity contribution in [3.05, 3.63) is 0 Å². The highest BCUT2D eigenvalue weighted by Crippen LogP contribution is 2.12. The van der Waals surface area contributed by atoms with Crippen LogP contribution in [-0.4, -0.2) is 74.7 Å². The highest BCUT2D eigenvalue weighted by atomic mass is 16.5. The zero-order valence-corrected chi connectivity index (χ0v) is 12.1. The molecule has 5 heteroatoms. The van der Waals surface area contributed by atoms with Crippen LogP contribution in [0, 0.1) is 0 Å². The lowest BCUT2D eigenvalue weighted by Gasteiger charge is -2.29. The van der Waals surface area contributed by atoms with E-state index in [-0.39, 0.29) is 6.04 Å². The molecule has 0 unspecified atom stereocenters. The number of nitrogens with one attached hydrogen (secondary N) is 1.